The van der Waals surface area contributed by atoms with E-state index >= 15 is 0 Å². The number of hydrogen-bond donors (Lipinski definition) is 1. The second-order valence-electron chi connectivity index (χ2n) is 6.64. The second-order valence-corrected chi connectivity index (χ2v) is 8.62. The van der Waals surface area contributed by atoms with Crippen molar-refractivity contribution in [2.24, 2.45) is 11.8 Å². The fraction of sp³-hybridized carbons (Fsp3) is 1.00. The highest BCUT2D eigenvalue weighted by molar-refractivity contribution is 7.88. The normalized spacial score (nSPS) is 38.0. The lowest BCUT2D eigenvalue weighted by Crippen LogP contribution is -2.60. The number of likely N-dealkylation sites (N-methyl/N-ethyl adjacent to an activating group) is 1. The summed E-state index contributed by atoms with van der Waals surface area (Å²) >= 11 is 0. The Hall–Kier alpha value is -0.170. The van der Waals surface area contributed by atoms with E-state index in [1.54, 1.807) is 4.31 Å². The average Bonchev–Trinajstić information content (AvgIpc) is 2.37. The van der Waals surface area contributed by atoms with Crippen molar-refractivity contribution >= 4 is 10.0 Å². The van der Waals surface area contributed by atoms with Crippen LogP contribution in [0.5, 0.6) is 0 Å². The summed E-state index contributed by atoms with van der Waals surface area (Å²) in [5.41, 5.74) is 0. The molecule has 1 aliphatic carbocycles. The lowest BCUT2D eigenvalue weighted by Gasteiger charge is -2.48. The van der Waals surface area contributed by atoms with Crippen molar-refractivity contribution in [1.29, 1.82) is 0 Å². The Kier molecular flexibility index (Phi) is 5.10. The minimum Gasteiger partial charge on any atom is -0.315 e. The van der Waals surface area contributed by atoms with E-state index in [-0.39, 0.29) is 0 Å². The van der Waals surface area contributed by atoms with Gasteiger partial charge in [0, 0.05) is 38.3 Å². The van der Waals surface area contributed by atoms with Crippen molar-refractivity contribution in [2.45, 2.75) is 38.8 Å². The summed E-state index contributed by atoms with van der Waals surface area (Å²) in [4.78, 5) is 2.50. The number of sulfonamides is 1. The fourth-order valence-electron chi connectivity index (χ4n) is 4.08. The van der Waals surface area contributed by atoms with Gasteiger partial charge in [0.25, 0.3) is 0 Å². The van der Waals surface area contributed by atoms with Crippen molar-refractivity contribution in [1.82, 2.24) is 14.5 Å². The Labute approximate surface area is 123 Å². The van der Waals surface area contributed by atoms with Crippen LogP contribution in [0.4, 0.5) is 0 Å². The third-order valence-corrected chi connectivity index (χ3v) is 6.26. The van der Waals surface area contributed by atoms with Gasteiger partial charge in [0.15, 0.2) is 0 Å². The number of hydrogen-bond acceptors (Lipinski definition) is 4. The molecule has 4 atom stereocenters. The van der Waals surface area contributed by atoms with E-state index in [4.69, 9.17) is 0 Å². The van der Waals surface area contributed by atoms with Crippen LogP contribution < -0.4 is 5.32 Å². The Balaban J connectivity index is 2.01. The summed E-state index contributed by atoms with van der Waals surface area (Å²) < 4.78 is 24.8. The number of rotatable bonds is 3. The van der Waals surface area contributed by atoms with Gasteiger partial charge >= 0.3 is 0 Å². The molecule has 1 saturated heterocycles. The molecule has 6 heteroatoms. The molecule has 0 aromatic heterocycles. The minimum absolute atomic E-state index is 0.526. The van der Waals surface area contributed by atoms with Gasteiger partial charge in [-0.2, -0.15) is 4.31 Å². The smallest absolute Gasteiger partial charge is 0.211 e. The first kappa shape index (κ1) is 16.2. The third-order valence-electron chi connectivity index (χ3n) is 4.96. The van der Waals surface area contributed by atoms with Crippen LogP contribution in [0.2, 0.25) is 0 Å². The highest BCUT2D eigenvalue weighted by Crippen LogP contribution is 2.32. The minimum atomic E-state index is -3.03. The molecule has 118 valence electrons. The predicted molar refractivity (Wildman–Crippen MR) is 82.2 cm³/mol. The molecule has 2 rings (SSSR count). The molecular weight excluding hydrogens is 274 g/mol. The zero-order valence-electron chi connectivity index (χ0n) is 13.2. The maximum Gasteiger partial charge on any atom is 0.211 e. The summed E-state index contributed by atoms with van der Waals surface area (Å²) in [5.74, 6) is 1.44. The molecule has 0 radical (unpaired) electrons. The van der Waals surface area contributed by atoms with Crippen LogP contribution in [0.1, 0.15) is 26.7 Å². The van der Waals surface area contributed by atoms with Crippen molar-refractivity contribution in [3.05, 3.63) is 0 Å². The van der Waals surface area contributed by atoms with Crippen LogP contribution >= 0.6 is 0 Å². The first-order chi connectivity index (χ1) is 9.32. The van der Waals surface area contributed by atoms with Gasteiger partial charge in [0.05, 0.1) is 6.26 Å². The van der Waals surface area contributed by atoms with E-state index < -0.39 is 10.0 Å². The summed E-state index contributed by atoms with van der Waals surface area (Å²) in [6.07, 6.45) is 3.80. The molecule has 0 spiro atoms. The molecule has 5 nitrogen and oxygen atoms in total. The monoisotopic (exact) mass is 303 g/mol. The van der Waals surface area contributed by atoms with E-state index in [0.29, 0.717) is 31.1 Å². The van der Waals surface area contributed by atoms with E-state index in [1.165, 1.54) is 19.1 Å². The molecule has 4 unspecified atom stereocenters. The van der Waals surface area contributed by atoms with Gasteiger partial charge in [-0.05, 0) is 31.7 Å². The summed E-state index contributed by atoms with van der Waals surface area (Å²) in [6.45, 7) is 7.65. The van der Waals surface area contributed by atoms with Crippen LogP contribution in [0.15, 0.2) is 0 Å². The SMILES string of the molecule is CNC1CC(C)CC(C)C1N1CCN(S(C)(=O)=O)CC1. The molecule has 1 heterocycles. The molecule has 0 amide bonds. The van der Waals surface area contributed by atoms with E-state index in [0.717, 1.165) is 19.0 Å². The molecule has 1 saturated carbocycles. The van der Waals surface area contributed by atoms with Crippen LogP contribution in [-0.4, -0.2) is 69.2 Å². The molecule has 20 heavy (non-hydrogen) atoms. The van der Waals surface area contributed by atoms with Crippen LogP contribution in [-0.2, 0) is 10.0 Å². The van der Waals surface area contributed by atoms with Crippen LogP contribution in [0.25, 0.3) is 0 Å². The maximum atomic E-state index is 11.6. The van der Waals surface area contributed by atoms with Gasteiger partial charge in [-0.3, -0.25) is 4.90 Å². The van der Waals surface area contributed by atoms with Crippen LogP contribution in [0, 0.1) is 11.8 Å². The molecular formula is C14H29N3O2S. The largest absolute Gasteiger partial charge is 0.315 e. The fourth-order valence-corrected chi connectivity index (χ4v) is 4.90. The molecule has 0 aromatic carbocycles. The van der Waals surface area contributed by atoms with E-state index in [9.17, 15) is 8.42 Å². The quantitative estimate of drug-likeness (QED) is 0.829. The van der Waals surface area contributed by atoms with Crippen molar-refractivity contribution in [3.63, 3.8) is 0 Å². The molecule has 1 N–H and O–H groups in total. The van der Waals surface area contributed by atoms with Gasteiger partial charge in [-0.1, -0.05) is 13.8 Å². The average molecular weight is 303 g/mol. The Bertz CT molecular complexity index is 418. The van der Waals surface area contributed by atoms with Crippen molar-refractivity contribution in [2.75, 3.05) is 39.5 Å². The molecule has 1 aliphatic heterocycles. The zero-order chi connectivity index (χ0) is 14.9. The van der Waals surface area contributed by atoms with E-state index in [1.807, 2.05) is 0 Å². The van der Waals surface area contributed by atoms with Crippen LogP contribution in [0.3, 0.4) is 0 Å². The Morgan fingerprint density at radius 3 is 2.15 bits per heavy atom. The van der Waals surface area contributed by atoms with Gasteiger partial charge in [-0.25, -0.2) is 8.42 Å². The maximum absolute atomic E-state index is 11.6. The van der Waals surface area contributed by atoms with Crippen molar-refractivity contribution in [3.8, 4) is 0 Å². The van der Waals surface area contributed by atoms with E-state index in [2.05, 4.69) is 31.1 Å². The molecule has 2 fully saturated rings. The number of nitrogens with zero attached hydrogens (tertiary/aromatic N) is 2. The summed E-state index contributed by atoms with van der Waals surface area (Å²) in [7, 11) is -0.980. The number of piperazine rings is 1. The number of nitrogens with one attached hydrogen (secondary N) is 1. The zero-order valence-corrected chi connectivity index (χ0v) is 14.0. The third kappa shape index (κ3) is 3.53. The van der Waals surface area contributed by atoms with Gasteiger partial charge in [-0.15, -0.1) is 0 Å². The first-order valence-electron chi connectivity index (χ1n) is 7.69. The lowest BCUT2D eigenvalue weighted by atomic mass is 9.75. The Morgan fingerprint density at radius 2 is 1.65 bits per heavy atom. The highest BCUT2D eigenvalue weighted by Gasteiger charge is 2.38. The first-order valence-corrected chi connectivity index (χ1v) is 9.54. The lowest BCUT2D eigenvalue weighted by molar-refractivity contribution is 0.0419. The van der Waals surface area contributed by atoms with Gasteiger partial charge in [0.1, 0.15) is 0 Å². The summed E-state index contributed by atoms with van der Waals surface area (Å²) in [5, 5.41) is 3.48. The van der Waals surface area contributed by atoms with Crippen molar-refractivity contribution < 1.29 is 8.42 Å². The molecule has 0 aromatic rings. The predicted octanol–water partition coefficient (Wildman–Crippen LogP) is 0.586. The van der Waals surface area contributed by atoms with Gasteiger partial charge < -0.3 is 5.32 Å². The summed E-state index contributed by atoms with van der Waals surface area (Å²) in [6, 6.07) is 1.07. The standard InChI is InChI=1S/C14H29N3O2S/c1-11-9-12(2)14(13(10-11)15-3)16-5-7-17(8-6-16)20(4,18)19/h11-15H,5-10H2,1-4H3. The highest BCUT2D eigenvalue weighted by atomic mass is 32.2. The molecule has 0 bridgehead atoms. The topological polar surface area (TPSA) is 52.6 Å². The molecule has 2 aliphatic rings. The Morgan fingerprint density at radius 1 is 1.05 bits per heavy atom. The second kappa shape index (κ2) is 6.30. The van der Waals surface area contributed by atoms with Gasteiger partial charge in [0.2, 0.25) is 10.0 Å².